The Morgan fingerprint density at radius 1 is 1.35 bits per heavy atom. The third-order valence-corrected chi connectivity index (χ3v) is 5.05. The molecular formula is C13H20N2O4S. The molecular weight excluding hydrogens is 280 g/mol. The quantitative estimate of drug-likeness (QED) is 0.831. The number of nitrogens with one attached hydrogen (secondary N) is 1. The van der Waals surface area contributed by atoms with E-state index >= 15 is 0 Å². The molecule has 0 radical (unpaired) electrons. The molecule has 0 unspecified atom stereocenters. The zero-order chi connectivity index (χ0) is 14.8. The summed E-state index contributed by atoms with van der Waals surface area (Å²) in [5.41, 5.74) is 0.128. The van der Waals surface area contributed by atoms with Crippen molar-refractivity contribution in [2.45, 2.75) is 19.8 Å². The lowest BCUT2D eigenvalue weighted by molar-refractivity contribution is 0.289. The van der Waals surface area contributed by atoms with Gasteiger partial charge in [-0.05, 0) is 30.9 Å². The highest BCUT2D eigenvalue weighted by molar-refractivity contribution is 7.90. The van der Waals surface area contributed by atoms with Crippen LogP contribution in [-0.4, -0.2) is 38.0 Å². The van der Waals surface area contributed by atoms with Gasteiger partial charge in [0.1, 0.15) is 11.5 Å². The van der Waals surface area contributed by atoms with Gasteiger partial charge in [-0.2, -0.15) is 12.7 Å². The molecule has 0 aromatic heterocycles. The number of benzene rings is 1. The van der Waals surface area contributed by atoms with Crippen LogP contribution >= 0.6 is 0 Å². The lowest BCUT2D eigenvalue weighted by atomic mass is 10.0. The maximum atomic E-state index is 12.3. The van der Waals surface area contributed by atoms with Crippen molar-refractivity contribution in [2.75, 3.05) is 24.9 Å². The van der Waals surface area contributed by atoms with Crippen molar-refractivity contribution in [2.24, 2.45) is 5.92 Å². The van der Waals surface area contributed by atoms with Crippen LogP contribution in [-0.2, 0) is 10.2 Å². The van der Waals surface area contributed by atoms with Gasteiger partial charge in [-0.15, -0.1) is 0 Å². The van der Waals surface area contributed by atoms with Crippen LogP contribution in [0.1, 0.15) is 19.8 Å². The van der Waals surface area contributed by atoms with Crippen molar-refractivity contribution >= 4 is 15.9 Å². The van der Waals surface area contributed by atoms with Crippen LogP contribution < -0.4 is 9.46 Å². The second-order valence-corrected chi connectivity index (χ2v) is 6.74. The largest absolute Gasteiger partial charge is 0.506 e. The van der Waals surface area contributed by atoms with Gasteiger partial charge in [-0.1, -0.05) is 6.92 Å². The van der Waals surface area contributed by atoms with E-state index in [9.17, 15) is 13.5 Å². The van der Waals surface area contributed by atoms with Crippen molar-refractivity contribution in [1.82, 2.24) is 4.31 Å². The summed E-state index contributed by atoms with van der Waals surface area (Å²) >= 11 is 0. The van der Waals surface area contributed by atoms with Crippen LogP contribution in [0.3, 0.4) is 0 Å². The van der Waals surface area contributed by atoms with Crippen LogP contribution in [0.5, 0.6) is 11.5 Å². The first-order valence-electron chi connectivity index (χ1n) is 6.57. The lowest BCUT2D eigenvalue weighted by Gasteiger charge is -2.29. The van der Waals surface area contributed by atoms with Crippen molar-refractivity contribution < 1.29 is 18.3 Å². The molecule has 0 amide bonds. The molecule has 0 spiro atoms. The second kappa shape index (κ2) is 5.88. The van der Waals surface area contributed by atoms with Crippen LogP contribution in [0.2, 0.25) is 0 Å². The molecule has 0 aliphatic carbocycles. The van der Waals surface area contributed by atoms with Gasteiger partial charge in [-0.25, -0.2) is 0 Å². The van der Waals surface area contributed by atoms with Crippen LogP contribution in [0.4, 0.5) is 5.69 Å². The van der Waals surface area contributed by atoms with Gasteiger partial charge in [0.05, 0.1) is 12.8 Å². The number of hydrogen-bond acceptors (Lipinski definition) is 4. The van der Waals surface area contributed by atoms with E-state index in [1.165, 1.54) is 23.5 Å². The number of aromatic hydroxyl groups is 1. The topological polar surface area (TPSA) is 78.9 Å². The summed E-state index contributed by atoms with van der Waals surface area (Å²) in [4.78, 5) is 0. The second-order valence-electron chi connectivity index (χ2n) is 5.07. The Morgan fingerprint density at radius 2 is 2.00 bits per heavy atom. The maximum absolute atomic E-state index is 12.3. The molecule has 1 aliphatic rings. The fourth-order valence-electron chi connectivity index (χ4n) is 2.15. The highest BCUT2D eigenvalue weighted by Gasteiger charge is 2.27. The first-order chi connectivity index (χ1) is 9.42. The van der Waals surface area contributed by atoms with E-state index in [1.54, 1.807) is 6.07 Å². The molecule has 1 fully saturated rings. The fraction of sp³-hybridized carbons (Fsp3) is 0.538. The average Bonchev–Trinajstić information content (AvgIpc) is 2.41. The highest BCUT2D eigenvalue weighted by atomic mass is 32.2. The maximum Gasteiger partial charge on any atom is 0.301 e. The Balaban J connectivity index is 2.16. The van der Waals surface area contributed by atoms with Crippen LogP contribution in [0.25, 0.3) is 0 Å². The molecule has 20 heavy (non-hydrogen) atoms. The molecule has 6 nitrogen and oxygen atoms in total. The minimum absolute atomic E-state index is 0.125. The molecule has 0 saturated carbocycles. The van der Waals surface area contributed by atoms with E-state index in [1.807, 2.05) is 0 Å². The Morgan fingerprint density at radius 3 is 2.60 bits per heavy atom. The number of piperidine rings is 1. The molecule has 2 rings (SSSR count). The van der Waals surface area contributed by atoms with Gasteiger partial charge < -0.3 is 9.84 Å². The molecule has 1 aromatic rings. The molecule has 0 bridgehead atoms. The predicted octanol–water partition coefficient (Wildman–Crippen LogP) is 1.79. The summed E-state index contributed by atoms with van der Waals surface area (Å²) in [5, 5.41) is 9.73. The molecule has 1 aromatic carbocycles. The Bertz CT molecular complexity index is 566. The normalized spacial score (nSPS) is 17.9. The zero-order valence-corrected chi connectivity index (χ0v) is 12.5. The minimum atomic E-state index is -3.64. The Hall–Kier alpha value is -1.47. The van der Waals surface area contributed by atoms with Gasteiger partial charge in [-0.3, -0.25) is 4.72 Å². The molecule has 2 N–H and O–H groups in total. The van der Waals surface area contributed by atoms with E-state index in [0.717, 1.165) is 12.8 Å². The van der Waals surface area contributed by atoms with E-state index < -0.39 is 10.2 Å². The third kappa shape index (κ3) is 3.34. The SMILES string of the molecule is COc1ccc(O)c(NS(=O)(=O)N2CCC(C)CC2)c1. The fourth-order valence-corrected chi connectivity index (χ4v) is 3.41. The number of phenols is 1. The first kappa shape index (κ1) is 14.9. The lowest BCUT2D eigenvalue weighted by Crippen LogP contribution is -2.41. The zero-order valence-electron chi connectivity index (χ0n) is 11.7. The molecule has 7 heteroatoms. The molecule has 1 heterocycles. The van der Waals surface area contributed by atoms with Crippen molar-refractivity contribution in [3.63, 3.8) is 0 Å². The van der Waals surface area contributed by atoms with E-state index in [-0.39, 0.29) is 11.4 Å². The van der Waals surface area contributed by atoms with Gasteiger partial charge in [0, 0.05) is 19.2 Å². The Kier molecular flexibility index (Phi) is 4.39. The van der Waals surface area contributed by atoms with Crippen LogP contribution in [0.15, 0.2) is 18.2 Å². The standard InChI is InChI=1S/C13H20N2O4S/c1-10-5-7-15(8-6-10)20(17,18)14-12-9-11(19-2)3-4-13(12)16/h3-4,9-10,14,16H,5-8H2,1-2H3. The summed E-state index contributed by atoms with van der Waals surface area (Å²) in [6.07, 6.45) is 1.70. The minimum Gasteiger partial charge on any atom is -0.506 e. The number of hydrogen-bond donors (Lipinski definition) is 2. The monoisotopic (exact) mass is 300 g/mol. The van der Waals surface area contributed by atoms with Crippen LogP contribution in [0, 0.1) is 5.92 Å². The van der Waals surface area contributed by atoms with E-state index in [4.69, 9.17) is 4.74 Å². The van der Waals surface area contributed by atoms with Crippen molar-refractivity contribution in [1.29, 1.82) is 0 Å². The van der Waals surface area contributed by atoms with Gasteiger partial charge in [0.2, 0.25) is 0 Å². The van der Waals surface area contributed by atoms with Gasteiger partial charge in [0.25, 0.3) is 0 Å². The molecule has 1 saturated heterocycles. The smallest absolute Gasteiger partial charge is 0.301 e. The van der Waals surface area contributed by atoms with E-state index in [2.05, 4.69) is 11.6 Å². The summed E-state index contributed by atoms with van der Waals surface area (Å²) in [5.74, 6) is 0.902. The number of anilines is 1. The summed E-state index contributed by atoms with van der Waals surface area (Å²) < 4.78 is 33.4. The molecule has 0 atom stereocenters. The number of ether oxygens (including phenoxy) is 1. The van der Waals surface area contributed by atoms with E-state index in [0.29, 0.717) is 24.8 Å². The summed E-state index contributed by atoms with van der Waals surface area (Å²) in [6, 6.07) is 4.42. The molecule has 1 aliphatic heterocycles. The Labute approximate surface area is 119 Å². The number of phenolic OH excluding ortho intramolecular Hbond substituents is 1. The highest BCUT2D eigenvalue weighted by Crippen LogP contribution is 2.29. The van der Waals surface area contributed by atoms with Crippen molar-refractivity contribution in [3.05, 3.63) is 18.2 Å². The number of nitrogens with zero attached hydrogens (tertiary/aromatic N) is 1. The molecule has 112 valence electrons. The summed E-state index contributed by atoms with van der Waals surface area (Å²) in [6.45, 7) is 3.12. The number of methoxy groups -OCH3 is 1. The van der Waals surface area contributed by atoms with Crippen molar-refractivity contribution in [3.8, 4) is 11.5 Å². The predicted molar refractivity (Wildman–Crippen MR) is 77.2 cm³/mol. The van der Waals surface area contributed by atoms with Gasteiger partial charge >= 0.3 is 10.2 Å². The van der Waals surface area contributed by atoms with Gasteiger partial charge in [0.15, 0.2) is 0 Å². The number of rotatable bonds is 4. The average molecular weight is 300 g/mol. The summed E-state index contributed by atoms with van der Waals surface area (Å²) in [7, 11) is -2.16. The third-order valence-electron chi connectivity index (χ3n) is 3.53. The first-order valence-corrected chi connectivity index (χ1v) is 8.01.